The summed E-state index contributed by atoms with van der Waals surface area (Å²) in [6, 6.07) is 20.6. The second-order valence-electron chi connectivity index (χ2n) is 8.71. The summed E-state index contributed by atoms with van der Waals surface area (Å²) in [5, 5.41) is 0. The molecule has 0 atom stereocenters. The minimum absolute atomic E-state index is 0.0558. The average Bonchev–Trinajstić information content (AvgIpc) is 3.33. The van der Waals surface area contributed by atoms with Gasteiger partial charge in [0.05, 0.1) is 12.1 Å². The monoisotopic (exact) mass is 511 g/mol. The van der Waals surface area contributed by atoms with E-state index in [4.69, 9.17) is 4.42 Å². The van der Waals surface area contributed by atoms with E-state index in [1.807, 2.05) is 30.3 Å². The van der Waals surface area contributed by atoms with Crippen molar-refractivity contribution in [2.75, 3.05) is 7.05 Å². The Kier molecular flexibility index (Phi) is 8.03. The Balaban J connectivity index is 1.51. The summed E-state index contributed by atoms with van der Waals surface area (Å²) in [4.78, 5) is 20.4. The molecule has 0 fully saturated rings. The number of halogens is 4. The van der Waals surface area contributed by atoms with Crippen LogP contribution < -0.4 is 0 Å². The molecule has 0 aliphatic carbocycles. The number of rotatable bonds is 9. The largest absolute Gasteiger partial charge is 0.447 e. The van der Waals surface area contributed by atoms with Crippen LogP contribution >= 0.6 is 0 Å². The van der Waals surface area contributed by atoms with Crippen molar-refractivity contribution in [3.63, 3.8) is 0 Å². The Hall–Kier alpha value is -3.98. The molecule has 9 heteroatoms. The SMILES string of the molecule is CN(Cc1ccccc1)C(=O)c1coc(CN(Cc2cccc(C(F)(F)F)c2)Cc2ccccc2F)n1. The van der Waals surface area contributed by atoms with Crippen LogP contribution in [-0.2, 0) is 32.4 Å². The molecule has 0 aliphatic heterocycles. The van der Waals surface area contributed by atoms with E-state index in [2.05, 4.69) is 4.98 Å². The average molecular weight is 512 g/mol. The van der Waals surface area contributed by atoms with Gasteiger partial charge in [-0.25, -0.2) is 9.37 Å². The molecular weight excluding hydrogens is 486 g/mol. The fraction of sp³-hybridized carbons (Fsp3) is 0.214. The van der Waals surface area contributed by atoms with Crippen LogP contribution in [0.3, 0.4) is 0 Å². The molecule has 1 amide bonds. The predicted octanol–water partition coefficient (Wildman–Crippen LogP) is 6.31. The Bertz CT molecular complexity index is 1340. The molecule has 3 aromatic carbocycles. The molecule has 5 nitrogen and oxygen atoms in total. The maximum Gasteiger partial charge on any atom is 0.416 e. The fourth-order valence-electron chi connectivity index (χ4n) is 3.94. The smallest absolute Gasteiger partial charge is 0.416 e. The predicted molar refractivity (Wildman–Crippen MR) is 130 cm³/mol. The zero-order valence-electron chi connectivity index (χ0n) is 20.1. The number of oxazole rings is 1. The third kappa shape index (κ3) is 7.04. The highest BCUT2D eigenvalue weighted by Gasteiger charge is 2.30. The van der Waals surface area contributed by atoms with Gasteiger partial charge in [0.2, 0.25) is 5.89 Å². The van der Waals surface area contributed by atoms with Crippen LogP contribution in [-0.4, -0.2) is 27.7 Å². The molecule has 0 saturated heterocycles. The Morgan fingerprint density at radius 1 is 0.865 bits per heavy atom. The molecule has 0 saturated carbocycles. The summed E-state index contributed by atoms with van der Waals surface area (Å²) < 4.78 is 59.5. The lowest BCUT2D eigenvalue weighted by Crippen LogP contribution is -2.27. The van der Waals surface area contributed by atoms with Crippen molar-refractivity contribution in [3.8, 4) is 0 Å². The van der Waals surface area contributed by atoms with E-state index in [1.54, 1.807) is 36.2 Å². The first-order chi connectivity index (χ1) is 17.7. The highest BCUT2D eigenvalue weighted by atomic mass is 19.4. The first-order valence-electron chi connectivity index (χ1n) is 11.5. The first-order valence-corrected chi connectivity index (χ1v) is 11.5. The second-order valence-corrected chi connectivity index (χ2v) is 8.71. The lowest BCUT2D eigenvalue weighted by Gasteiger charge is -2.22. The van der Waals surface area contributed by atoms with Gasteiger partial charge in [0.15, 0.2) is 5.69 Å². The summed E-state index contributed by atoms with van der Waals surface area (Å²) in [5.41, 5.74) is 1.08. The van der Waals surface area contributed by atoms with Crippen LogP contribution in [0.2, 0.25) is 0 Å². The van der Waals surface area contributed by atoms with Crippen LogP contribution in [0.15, 0.2) is 89.5 Å². The van der Waals surface area contributed by atoms with Crippen LogP contribution in [0, 0.1) is 5.82 Å². The minimum atomic E-state index is -4.48. The summed E-state index contributed by atoms with van der Waals surface area (Å²) in [7, 11) is 1.65. The molecule has 192 valence electrons. The molecule has 1 aromatic heterocycles. The number of carbonyl (C=O) groups excluding carboxylic acids is 1. The van der Waals surface area contributed by atoms with Crippen LogP contribution in [0.4, 0.5) is 17.6 Å². The summed E-state index contributed by atoms with van der Waals surface area (Å²) >= 11 is 0. The van der Waals surface area contributed by atoms with E-state index >= 15 is 0 Å². The van der Waals surface area contributed by atoms with Crippen LogP contribution in [0.5, 0.6) is 0 Å². The van der Waals surface area contributed by atoms with Gasteiger partial charge in [-0.15, -0.1) is 0 Å². The number of benzene rings is 3. The molecule has 4 aromatic rings. The fourth-order valence-corrected chi connectivity index (χ4v) is 3.94. The number of carbonyl (C=O) groups is 1. The number of amides is 1. The molecule has 0 bridgehead atoms. The van der Waals surface area contributed by atoms with Gasteiger partial charge >= 0.3 is 6.18 Å². The normalized spacial score (nSPS) is 11.6. The number of aromatic nitrogens is 1. The van der Waals surface area contributed by atoms with Gasteiger partial charge in [0.25, 0.3) is 5.91 Å². The van der Waals surface area contributed by atoms with Crippen molar-refractivity contribution < 1.29 is 26.8 Å². The molecular formula is C28H25F4N3O2. The van der Waals surface area contributed by atoms with Crippen LogP contribution in [0.25, 0.3) is 0 Å². The van der Waals surface area contributed by atoms with Crippen molar-refractivity contribution in [2.24, 2.45) is 0 Å². The van der Waals surface area contributed by atoms with E-state index in [0.717, 1.165) is 17.7 Å². The van der Waals surface area contributed by atoms with E-state index in [0.29, 0.717) is 17.7 Å². The second kappa shape index (κ2) is 11.4. The number of nitrogens with zero attached hydrogens (tertiary/aromatic N) is 3. The molecule has 4 rings (SSSR count). The van der Waals surface area contributed by atoms with Gasteiger partial charge in [-0.1, -0.05) is 66.7 Å². The van der Waals surface area contributed by atoms with E-state index < -0.39 is 17.6 Å². The third-order valence-electron chi connectivity index (χ3n) is 5.75. The minimum Gasteiger partial charge on any atom is -0.447 e. The molecule has 37 heavy (non-hydrogen) atoms. The standard InChI is InChI=1S/C28H25F4N3O2/c1-34(15-20-8-3-2-4-9-20)27(36)25-19-37-26(33-25)18-35(17-22-11-5-6-13-24(22)29)16-21-10-7-12-23(14-21)28(30,31)32/h2-14,19H,15-18H2,1H3. The summed E-state index contributed by atoms with van der Waals surface area (Å²) in [6.07, 6.45) is -3.22. The van der Waals surface area contributed by atoms with Crippen molar-refractivity contribution in [1.29, 1.82) is 0 Å². The zero-order chi connectivity index (χ0) is 26.4. The lowest BCUT2D eigenvalue weighted by molar-refractivity contribution is -0.137. The van der Waals surface area contributed by atoms with Gasteiger partial charge in [-0.3, -0.25) is 9.69 Å². The Labute approximate surface area is 212 Å². The van der Waals surface area contributed by atoms with E-state index in [9.17, 15) is 22.4 Å². The Morgan fingerprint density at radius 2 is 1.57 bits per heavy atom. The lowest BCUT2D eigenvalue weighted by atomic mass is 10.1. The quantitative estimate of drug-likeness (QED) is 0.247. The molecule has 0 N–H and O–H groups in total. The molecule has 1 heterocycles. The van der Waals surface area contributed by atoms with Crippen LogP contribution in [0.1, 0.15) is 38.6 Å². The first kappa shape index (κ1) is 26.1. The van der Waals surface area contributed by atoms with Gasteiger partial charge in [0, 0.05) is 32.2 Å². The summed E-state index contributed by atoms with van der Waals surface area (Å²) in [6.45, 7) is 0.622. The maximum absolute atomic E-state index is 14.4. The molecule has 0 unspecified atom stereocenters. The highest BCUT2D eigenvalue weighted by Crippen LogP contribution is 2.30. The molecule has 0 radical (unpaired) electrons. The van der Waals surface area contributed by atoms with Gasteiger partial charge in [0.1, 0.15) is 12.1 Å². The van der Waals surface area contributed by atoms with Gasteiger partial charge in [-0.2, -0.15) is 13.2 Å². The number of hydrogen-bond acceptors (Lipinski definition) is 4. The maximum atomic E-state index is 14.4. The zero-order valence-corrected chi connectivity index (χ0v) is 20.1. The van der Waals surface area contributed by atoms with Crippen molar-refractivity contribution in [1.82, 2.24) is 14.8 Å². The summed E-state index contributed by atoms with van der Waals surface area (Å²) in [5.74, 6) is -0.570. The Morgan fingerprint density at radius 3 is 2.30 bits per heavy atom. The third-order valence-corrected chi connectivity index (χ3v) is 5.75. The number of alkyl halides is 3. The van der Waals surface area contributed by atoms with Crippen molar-refractivity contribution >= 4 is 5.91 Å². The van der Waals surface area contributed by atoms with Crippen molar-refractivity contribution in [3.05, 3.63) is 125 Å². The molecule has 0 spiro atoms. The van der Waals surface area contributed by atoms with E-state index in [1.165, 1.54) is 23.3 Å². The number of hydrogen-bond donors (Lipinski definition) is 0. The van der Waals surface area contributed by atoms with Gasteiger partial charge in [-0.05, 0) is 23.3 Å². The topological polar surface area (TPSA) is 49.6 Å². The molecule has 0 aliphatic rings. The highest BCUT2D eigenvalue weighted by molar-refractivity contribution is 5.91. The van der Waals surface area contributed by atoms with Gasteiger partial charge < -0.3 is 9.32 Å². The van der Waals surface area contributed by atoms with Crippen molar-refractivity contribution in [2.45, 2.75) is 32.4 Å². The van der Waals surface area contributed by atoms with E-state index in [-0.39, 0.29) is 37.1 Å².